The van der Waals surface area contributed by atoms with Crippen molar-refractivity contribution in [2.75, 3.05) is 4.90 Å². The molecule has 1 heterocycles. The highest BCUT2D eigenvalue weighted by Crippen LogP contribution is 2.52. The molecule has 1 unspecified atom stereocenters. The topological polar surface area (TPSA) is 8.17 Å². The van der Waals surface area contributed by atoms with E-state index in [9.17, 15) is 0 Å². The van der Waals surface area contributed by atoms with E-state index in [0.717, 1.165) is 44.9 Å². The van der Waals surface area contributed by atoms with E-state index < -0.39 is 0 Å². The lowest BCUT2D eigenvalue weighted by Crippen LogP contribution is -2.33. The Hall–Kier alpha value is -5.60. The third-order valence-corrected chi connectivity index (χ3v) is 12.4. The molecule has 53 heavy (non-hydrogen) atoms. The van der Waals surface area contributed by atoms with E-state index >= 15 is 0 Å². The average molecular weight is 687 g/mol. The zero-order chi connectivity index (χ0) is 35.5. The van der Waals surface area contributed by atoms with Gasteiger partial charge in [0.15, 0.2) is 0 Å². The Balaban J connectivity index is 1.01. The van der Waals surface area contributed by atoms with Crippen molar-refractivity contribution in [3.63, 3.8) is 0 Å². The molecule has 0 fully saturated rings. The molecule has 0 N–H and O–H groups in total. The highest BCUT2D eigenvalue weighted by molar-refractivity contribution is 5.88. The van der Waals surface area contributed by atoms with Crippen LogP contribution in [0.5, 0.6) is 0 Å². The number of hydrogen-bond donors (Lipinski definition) is 0. The zero-order valence-electron chi connectivity index (χ0n) is 30.9. The van der Waals surface area contributed by atoms with E-state index in [0.29, 0.717) is 0 Å². The smallest absolute Gasteiger partial charge is 0.0563 e. The molecule has 0 saturated heterocycles. The van der Waals surface area contributed by atoms with Crippen LogP contribution in [-0.2, 0) is 18.3 Å². The summed E-state index contributed by atoms with van der Waals surface area (Å²) < 4.78 is 2.58. The predicted molar refractivity (Wildman–Crippen MR) is 225 cm³/mol. The highest BCUT2D eigenvalue weighted by Gasteiger charge is 2.41. The van der Waals surface area contributed by atoms with Gasteiger partial charge in [0.05, 0.1) is 6.04 Å². The minimum atomic E-state index is -0.0830. The Kier molecular flexibility index (Phi) is 7.76. The number of allylic oxidation sites excluding steroid dienone is 8. The second-order valence-corrected chi connectivity index (χ2v) is 15.8. The van der Waals surface area contributed by atoms with Crippen molar-refractivity contribution < 1.29 is 0 Å². The van der Waals surface area contributed by atoms with Crippen molar-refractivity contribution in [3.05, 3.63) is 184 Å². The molecule has 10 rings (SSSR count). The van der Waals surface area contributed by atoms with Crippen molar-refractivity contribution in [2.24, 2.45) is 0 Å². The quantitative estimate of drug-likeness (QED) is 0.173. The second-order valence-electron chi connectivity index (χ2n) is 15.8. The molecule has 4 aromatic carbocycles. The minimum Gasteiger partial charge on any atom is -0.334 e. The Morgan fingerprint density at radius 2 is 1.40 bits per heavy atom. The predicted octanol–water partition coefficient (Wildman–Crippen LogP) is 13.0. The van der Waals surface area contributed by atoms with Crippen molar-refractivity contribution in [3.8, 4) is 16.8 Å². The summed E-state index contributed by atoms with van der Waals surface area (Å²) in [5.41, 5.74) is 20.6. The number of benzene rings is 4. The van der Waals surface area contributed by atoms with Gasteiger partial charge in [-0.25, -0.2) is 0 Å². The zero-order valence-corrected chi connectivity index (χ0v) is 30.9. The van der Waals surface area contributed by atoms with Gasteiger partial charge in [0.2, 0.25) is 0 Å². The lowest BCUT2D eigenvalue weighted by Gasteiger charge is -2.37. The summed E-state index contributed by atoms with van der Waals surface area (Å²) in [7, 11) is 0. The van der Waals surface area contributed by atoms with Crippen LogP contribution in [0.2, 0.25) is 0 Å². The summed E-state index contributed by atoms with van der Waals surface area (Å²) in [6.45, 7) is 4.91. The van der Waals surface area contributed by atoms with Crippen LogP contribution < -0.4 is 4.90 Å². The van der Waals surface area contributed by atoms with Crippen LogP contribution in [0.3, 0.4) is 0 Å². The molecule has 5 aromatic rings. The Bertz CT molecular complexity index is 2420. The fourth-order valence-electron chi connectivity index (χ4n) is 9.69. The molecule has 0 spiro atoms. The Morgan fingerprint density at radius 1 is 0.679 bits per heavy atom. The molecule has 260 valence electrons. The van der Waals surface area contributed by atoms with E-state index in [1.165, 1.54) is 78.5 Å². The molecule has 1 aromatic heterocycles. The molecule has 0 radical (unpaired) electrons. The van der Waals surface area contributed by atoms with Crippen molar-refractivity contribution in [1.29, 1.82) is 0 Å². The van der Waals surface area contributed by atoms with Gasteiger partial charge >= 0.3 is 0 Å². The van der Waals surface area contributed by atoms with Crippen LogP contribution in [0, 0.1) is 0 Å². The van der Waals surface area contributed by atoms with Gasteiger partial charge in [-0.2, -0.15) is 0 Å². The molecule has 0 aliphatic heterocycles. The van der Waals surface area contributed by atoms with Crippen LogP contribution in [0.15, 0.2) is 145 Å². The van der Waals surface area contributed by atoms with Crippen LogP contribution in [0.1, 0.15) is 85.2 Å². The lowest BCUT2D eigenvalue weighted by atomic mass is 9.77. The first-order valence-electron chi connectivity index (χ1n) is 19.6. The van der Waals surface area contributed by atoms with E-state index in [1.807, 2.05) is 0 Å². The summed E-state index contributed by atoms with van der Waals surface area (Å²) in [4.78, 5) is 2.57. The molecule has 5 aliphatic carbocycles. The number of anilines is 2. The van der Waals surface area contributed by atoms with Crippen molar-refractivity contribution in [1.82, 2.24) is 4.57 Å². The molecule has 2 nitrogen and oxygen atoms in total. The average Bonchev–Trinajstić information content (AvgIpc) is 3.67. The molecule has 0 bridgehead atoms. The molecule has 5 aliphatic rings. The summed E-state index contributed by atoms with van der Waals surface area (Å²) in [6, 6.07) is 36.7. The van der Waals surface area contributed by atoms with Crippen molar-refractivity contribution in [2.45, 2.75) is 70.3 Å². The maximum Gasteiger partial charge on any atom is 0.0563 e. The van der Waals surface area contributed by atoms with E-state index in [2.05, 4.69) is 175 Å². The molecule has 0 amide bonds. The minimum absolute atomic E-state index is 0.0830. The maximum atomic E-state index is 2.58. The van der Waals surface area contributed by atoms with E-state index in [-0.39, 0.29) is 11.5 Å². The summed E-state index contributed by atoms with van der Waals surface area (Å²) in [5, 5.41) is 0. The normalized spacial score (nSPS) is 19.1. The monoisotopic (exact) mass is 686 g/mol. The third kappa shape index (κ3) is 5.38. The second kappa shape index (κ2) is 12.8. The van der Waals surface area contributed by atoms with Gasteiger partial charge in [-0.15, -0.1) is 0 Å². The summed E-state index contributed by atoms with van der Waals surface area (Å²) in [6.07, 6.45) is 28.8. The number of fused-ring (bicyclic) bond motifs is 5. The van der Waals surface area contributed by atoms with E-state index in [4.69, 9.17) is 0 Å². The van der Waals surface area contributed by atoms with Gasteiger partial charge in [0, 0.05) is 33.9 Å². The molecular weight excluding hydrogens is 641 g/mol. The summed E-state index contributed by atoms with van der Waals surface area (Å²) >= 11 is 0. The fraction of sp³-hybridized carbons (Fsp3) is 0.216. The van der Waals surface area contributed by atoms with Crippen LogP contribution in [-0.4, -0.2) is 10.6 Å². The van der Waals surface area contributed by atoms with Gasteiger partial charge in [0.1, 0.15) is 0 Å². The number of hydrogen-bond acceptors (Lipinski definition) is 1. The summed E-state index contributed by atoms with van der Waals surface area (Å²) in [5.74, 6) is 0. The standard InChI is InChI=1S/C51H46N2/c1-51(2)47-33-41(29-31-43(47)44-32-30-42(34-48(44)51)53-49-19-11-9-17-45(49)46-18-10-12-20-50(46)53)52(39-25-21-37(22-26-39)35-13-5-3-6-14-35)40-27-23-38(24-28-40)36-15-7-4-8-16-36/h3-7,9,12-15,17,20-32,34,41H,8,10-11,16,18-19,33H2,1-2H3. The van der Waals surface area contributed by atoms with Crippen molar-refractivity contribution >= 4 is 34.7 Å². The lowest BCUT2D eigenvalue weighted by molar-refractivity contribution is 0.584. The molecule has 0 saturated carbocycles. The van der Waals surface area contributed by atoms with Gasteiger partial charge in [-0.05, 0) is 143 Å². The van der Waals surface area contributed by atoms with Crippen LogP contribution in [0.25, 0.3) is 40.1 Å². The first kappa shape index (κ1) is 32.1. The maximum absolute atomic E-state index is 2.58. The van der Waals surface area contributed by atoms with Crippen LogP contribution >= 0.6 is 0 Å². The van der Waals surface area contributed by atoms with E-state index in [1.54, 1.807) is 5.57 Å². The highest BCUT2D eigenvalue weighted by atomic mass is 15.2. The van der Waals surface area contributed by atoms with Gasteiger partial charge < -0.3 is 9.47 Å². The SMILES string of the molecule is CC1(C)C2=C(C=CC(N(c3ccc(C4=CC=CCC4)cc3)c3ccc(-c4ccccc4)cc3)C2)c2ccc(-n3c4c(c5c3CCC=C5)CCC=C4)cc21. The van der Waals surface area contributed by atoms with Crippen LogP contribution in [0.4, 0.5) is 11.4 Å². The Morgan fingerprint density at radius 3 is 2.17 bits per heavy atom. The fourth-order valence-corrected chi connectivity index (χ4v) is 9.69. The largest absolute Gasteiger partial charge is 0.334 e. The first-order valence-corrected chi connectivity index (χ1v) is 19.6. The number of nitrogens with zero attached hydrogens (tertiary/aromatic N) is 2. The third-order valence-electron chi connectivity index (χ3n) is 12.4. The molecular formula is C51H46N2. The van der Waals surface area contributed by atoms with Gasteiger partial charge in [0.25, 0.3) is 0 Å². The van der Waals surface area contributed by atoms with Gasteiger partial charge in [-0.1, -0.05) is 123 Å². The number of aromatic nitrogens is 1. The first-order chi connectivity index (χ1) is 26.0. The molecule has 2 heteroatoms. The number of rotatable bonds is 6. The van der Waals surface area contributed by atoms with Gasteiger partial charge in [-0.3, -0.25) is 0 Å². The molecule has 1 atom stereocenters. The Labute approximate surface area is 314 Å².